The molecule has 1 saturated heterocycles. The average molecular weight is 315 g/mol. The van der Waals surface area contributed by atoms with Crippen molar-refractivity contribution in [2.24, 2.45) is 0 Å². The van der Waals surface area contributed by atoms with Crippen molar-refractivity contribution in [1.29, 1.82) is 0 Å². The molecular weight excluding hydrogens is 294 g/mol. The number of rotatable bonds is 3. The van der Waals surface area contributed by atoms with Crippen LogP contribution in [0.4, 0.5) is 0 Å². The van der Waals surface area contributed by atoms with Gasteiger partial charge in [0.15, 0.2) is 0 Å². The molecule has 0 saturated carbocycles. The summed E-state index contributed by atoms with van der Waals surface area (Å²) in [6.07, 6.45) is 0. The number of carbonyl (C=O) groups excluding carboxylic acids is 1. The van der Waals surface area contributed by atoms with Crippen molar-refractivity contribution in [2.45, 2.75) is 20.4 Å². The largest absolute Gasteiger partial charge is 0.340 e. The molecule has 2 heterocycles. The fourth-order valence-corrected chi connectivity index (χ4v) is 3.79. The van der Waals surface area contributed by atoms with E-state index in [1.54, 1.807) is 18.3 Å². The molecule has 0 atom stereocenters. The lowest BCUT2D eigenvalue weighted by atomic mass is 10.1. The Morgan fingerprint density at radius 1 is 1.18 bits per heavy atom. The molecule has 4 nitrogen and oxygen atoms in total. The molecule has 1 fully saturated rings. The summed E-state index contributed by atoms with van der Waals surface area (Å²) in [5.74, 6) is 0.177. The Morgan fingerprint density at radius 2 is 1.86 bits per heavy atom. The van der Waals surface area contributed by atoms with Crippen LogP contribution in [0.5, 0.6) is 0 Å². The first-order valence-electron chi connectivity index (χ1n) is 7.63. The van der Waals surface area contributed by atoms with Gasteiger partial charge in [0.2, 0.25) is 5.91 Å². The molecule has 2 aromatic rings. The van der Waals surface area contributed by atoms with Crippen LogP contribution in [0.25, 0.3) is 11.3 Å². The second kappa shape index (κ2) is 6.58. The van der Waals surface area contributed by atoms with E-state index in [-0.39, 0.29) is 5.91 Å². The summed E-state index contributed by atoms with van der Waals surface area (Å²) in [7, 11) is 0. The first kappa shape index (κ1) is 15.2. The van der Waals surface area contributed by atoms with E-state index in [9.17, 15) is 4.79 Å². The van der Waals surface area contributed by atoms with Crippen LogP contribution in [0.15, 0.2) is 30.3 Å². The number of hydrogen-bond donors (Lipinski definition) is 0. The van der Waals surface area contributed by atoms with Crippen molar-refractivity contribution < 1.29 is 4.79 Å². The van der Waals surface area contributed by atoms with Gasteiger partial charge in [0, 0.05) is 43.5 Å². The van der Waals surface area contributed by atoms with E-state index in [4.69, 9.17) is 4.98 Å². The van der Waals surface area contributed by atoms with E-state index in [1.807, 2.05) is 11.0 Å². The third kappa shape index (κ3) is 3.36. The highest BCUT2D eigenvalue weighted by Crippen LogP contribution is 2.28. The second-order valence-electron chi connectivity index (χ2n) is 5.66. The zero-order valence-corrected chi connectivity index (χ0v) is 13.9. The fraction of sp³-hybridized carbons (Fsp3) is 0.412. The predicted octanol–water partition coefficient (Wildman–Crippen LogP) is 2.78. The lowest BCUT2D eigenvalue weighted by molar-refractivity contribution is -0.130. The van der Waals surface area contributed by atoms with E-state index in [0.29, 0.717) is 0 Å². The number of aryl methyl sites for hydroxylation is 1. The summed E-state index contributed by atoms with van der Waals surface area (Å²) >= 11 is 1.78. The monoisotopic (exact) mass is 315 g/mol. The van der Waals surface area contributed by atoms with Crippen LogP contribution in [0.2, 0.25) is 0 Å². The second-order valence-corrected chi connectivity index (χ2v) is 6.95. The molecule has 1 amide bonds. The van der Waals surface area contributed by atoms with Gasteiger partial charge in [-0.25, -0.2) is 4.98 Å². The maximum absolute atomic E-state index is 11.4. The van der Waals surface area contributed by atoms with Gasteiger partial charge >= 0.3 is 0 Å². The van der Waals surface area contributed by atoms with Gasteiger partial charge in [0.1, 0.15) is 5.01 Å². The molecule has 0 unspecified atom stereocenters. The topological polar surface area (TPSA) is 36.4 Å². The van der Waals surface area contributed by atoms with Crippen molar-refractivity contribution in [3.05, 3.63) is 40.2 Å². The minimum absolute atomic E-state index is 0.177. The Balaban J connectivity index is 1.66. The maximum Gasteiger partial charge on any atom is 0.219 e. The van der Waals surface area contributed by atoms with E-state index in [2.05, 4.69) is 36.1 Å². The third-order valence-electron chi connectivity index (χ3n) is 4.06. The number of amides is 1. The molecule has 116 valence electrons. The van der Waals surface area contributed by atoms with E-state index >= 15 is 0 Å². The molecule has 22 heavy (non-hydrogen) atoms. The lowest BCUT2D eigenvalue weighted by Crippen LogP contribution is -2.47. The lowest BCUT2D eigenvalue weighted by Gasteiger charge is -2.33. The van der Waals surface area contributed by atoms with Gasteiger partial charge in [-0.2, -0.15) is 0 Å². The molecule has 0 aliphatic carbocycles. The molecular formula is C17H21N3OS. The minimum Gasteiger partial charge on any atom is -0.340 e. The Morgan fingerprint density at radius 3 is 2.50 bits per heavy atom. The molecule has 5 heteroatoms. The summed E-state index contributed by atoms with van der Waals surface area (Å²) < 4.78 is 0. The standard InChI is InChI=1S/C17H21N3OS/c1-13-17(15-6-4-3-5-7-15)18-16(22-13)12-19-8-10-20(11-9-19)14(2)21/h3-7H,8-12H2,1-2H3. The molecule has 1 aromatic heterocycles. The molecule has 0 N–H and O–H groups in total. The first-order valence-corrected chi connectivity index (χ1v) is 8.45. The van der Waals surface area contributed by atoms with Gasteiger partial charge < -0.3 is 4.90 Å². The van der Waals surface area contributed by atoms with E-state index < -0.39 is 0 Å². The number of hydrogen-bond acceptors (Lipinski definition) is 4. The Kier molecular flexibility index (Phi) is 4.55. The van der Waals surface area contributed by atoms with Crippen molar-refractivity contribution in [1.82, 2.24) is 14.8 Å². The van der Waals surface area contributed by atoms with E-state index in [0.717, 1.165) is 43.4 Å². The zero-order valence-electron chi connectivity index (χ0n) is 13.1. The molecule has 0 spiro atoms. The summed E-state index contributed by atoms with van der Waals surface area (Å²) in [6, 6.07) is 10.3. The number of nitrogens with zero attached hydrogens (tertiary/aromatic N) is 3. The number of carbonyl (C=O) groups is 1. The number of aromatic nitrogens is 1. The third-order valence-corrected chi connectivity index (χ3v) is 5.02. The Bertz CT molecular complexity index is 645. The van der Waals surface area contributed by atoms with Crippen molar-refractivity contribution in [3.8, 4) is 11.3 Å². The molecule has 1 aromatic carbocycles. The number of thiazole rings is 1. The fourth-order valence-electron chi connectivity index (χ4n) is 2.79. The van der Waals surface area contributed by atoms with Gasteiger partial charge in [-0.3, -0.25) is 9.69 Å². The summed E-state index contributed by atoms with van der Waals surface area (Å²) in [5, 5.41) is 1.16. The molecule has 0 bridgehead atoms. The Labute approximate surface area is 135 Å². The van der Waals surface area contributed by atoms with Crippen LogP contribution in [-0.4, -0.2) is 46.9 Å². The predicted molar refractivity (Wildman–Crippen MR) is 89.8 cm³/mol. The summed E-state index contributed by atoms with van der Waals surface area (Å²) in [4.78, 5) is 21.8. The highest BCUT2D eigenvalue weighted by atomic mass is 32.1. The van der Waals surface area contributed by atoms with Crippen LogP contribution < -0.4 is 0 Å². The quantitative estimate of drug-likeness (QED) is 0.874. The Hall–Kier alpha value is -1.72. The summed E-state index contributed by atoms with van der Waals surface area (Å²) in [6.45, 7) is 8.17. The van der Waals surface area contributed by atoms with Crippen LogP contribution in [0.1, 0.15) is 16.8 Å². The molecule has 1 aliphatic heterocycles. The molecule has 0 radical (unpaired) electrons. The van der Waals surface area contributed by atoms with Gasteiger partial charge in [-0.05, 0) is 6.92 Å². The van der Waals surface area contributed by atoms with Crippen LogP contribution in [0.3, 0.4) is 0 Å². The van der Waals surface area contributed by atoms with Crippen LogP contribution in [0, 0.1) is 6.92 Å². The van der Waals surface area contributed by atoms with Gasteiger partial charge in [0.05, 0.1) is 12.2 Å². The van der Waals surface area contributed by atoms with Crippen LogP contribution >= 0.6 is 11.3 Å². The highest BCUT2D eigenvalue weighted by molar-refractivity contribution is 7.12. The van der Waals surface area contributed by atoms with E-state index in [1.165, 1.54) is 10.4 Å². The normalized spacial score (nSPS) is 16.0. The van der Waals surface area contributed by atoms with Crippen molar-refractivity contribution in [3.63, 3.8) is 0 Å². The summed E-state index contributed by atoms with van der Waals surface area (Å²) in [5.41, 5.74) is 2.28. The smallest absolute Gasteiger partial charge is 0.219 e. The number of piperazine rings is 1. The highest BCUT2D eigenvalue weighted by Gasteiger charge is 2.20. The maximum atomic E-state index is 11.4. The van der Waals surface area contributed by atoms with Crippen molar-refractivity contribution in [2.75, 3.05) is 26.2 Å². The van der Waals surface area contributed by atoms with Gasteiger partial charge in [-0.15, -0.1) is 11.3 Å². The van der Waals surface area contributed by atoms with Gasteiger partial charge in [-0.1, -0.05) is 30.3 Å². The minimum atomic E-state index is 0.177. The van der Waals surface area contributed by atoms with Crippen LogP contribution in [-0.2, 0) is 11.3 Å². The number of benzene rings is 1. The first-order chi connectivity index (χ1) is 10.6. The zero-order chi connectivity index (χ0) is 15.5. The van der Waals surface area contributed by atoms with Gasteiger partial charge in [0.25, 0.3) is 0 Å². The molecule has 1 aliphatic rings. The SMILES string of the molecule is CC(=O)N1CCN(Cc2nc(-c3ccccc3)c(C)s2)CC1. The average Bonchev–Trinajstić information content (AvgIpc) is 2.89. The van der Waals surface area contributed by atoms with Crippen molar-refractivity contribution >= 4 is 17.2 Å². The molecule has 3 rings (SSSR count).